The zero-order valence-electron chi connectivity index (χ0n) is 9.58. The van der Waals surface area contributed by atoms with Crippen LogP contribution >= 0.6 is 0 Å². The van der Waals surface area contributed by atoms with E-state index in [0.29, 0.717) is 0 Å². The first-order chi connectivity index (χ1) is 7.74. The first kappa shape index (κ1) is 9.82. The second-order valence-corrected chi connectivity index (χ2v) is 4.83. The average molecular weight is 219 g/mol. The van der Waals surface area contributed by atoms with Gasteiger partial charge in [-0.05, 0) is 37.8 Å². The van der Waals surface area contributed by atoms with E-state index >= 15 is 0 Å². The first-order valence-corrected chi connectivity index (χ1v) is 5.88. The highest BCUT2D eigenvalue weighted by Gasteiger charge is 2.43. The molecule has 86 valence electrons. The number of fused-ring (bicyclic) bond motifs is 1. The lowest BCUT2D eigenvalue weighted by Gasteiger charge is -2.22. The number of ether oxygens (including phenoxy) is 2. The van der Waals surface area contributed by atoms with Crippen LogP contribution in [-0.2, 0) is 6.42 Å². The lowest BCUT2D eigenvalue weighted by molar-refractivity contribution is 0.0996. The maximum atomic E-state index is 6.15. The highest BCUT2D eigenvalue weighted by molar-refractivity contribution is 5.63. The molecule has 16 heavy (non-hydrogen) atoms. The predicted octanol–water partition coefficient (Wildman–Crippen LogP) is 2.53. The molecule has 0 saturated heterocycles. The summed E-state index contributed by atoms with van der Waals surface area (Å²) in [5.74, 6) is 1.69. The van der Waals surface area contributed by atoms with Gasteiger partial charge in [-0.15, -0.1) is 0 Å². The van der Waals surface area contributed by atoms with Crippen molar-refractivity contribution in [1.29, 1.82) is 0 Å². The third-order valence-electron chi connectivity index (χ3n) is 3.81. The normalized spacial score (nSPS) is 20.8. The fourth-order valence-electron chi connectivity index (χ4n) is 2.95. The maximum Gasteiger partial charge on any atom is 0.167 e. The molecule has 2 N–H and O–H groups in total. The van der Waals surface area contributed by atoms with E-state index in [9.17, 15) is 0 Å². The summed E-state index contributed by atoms with van der Waals surface area (Å²) < 4.78 is 11.5. The molecule has 1 heterocycles. The minimum atomic E-state index is 0.0189. The number of nitrogens with two attached hydrogens (primary N) is 1. The summed E-state index contributed by atoms with van der Waals surface area (Å²) in [6.45, 7) is 0. The molecule has 3 rings (SSSR count). The van der Waals surface area contributed by atoms with Crippen molar-refractivity contribution >= 4 is 5.69 Å². The topological polar surface area (TPSA) is 44.5 Å². The van der Waals surface area contributed by atoms with Crippen molar-refractivity contribution in [1.82, 2.24) is 0 Å². The van der Waals surface area contributed by atoms with Gasteiger partial charge in [-0.25, -0.2) is 0 Å². The Morgan fingerprint density at radius 1 is 1.31 bits per heavy atom. The van der Waals surface area contributed by atoms with Crippen molar-refractivity contribution in [2.75, 3.05) is 12.8 Å². The molecule has 1 aliphatic carbocycles. The van der Waals surface area contributed by atoms with Gasteiger partial charge in [-0.1, -0.05) is 0 Å². The standard InChI is InChI=1S/C13H17NO2/c1-15-11-5-4-10(14)9-8-13(16-12(9)11)6-2-3-7-13/h4-5H,2-3,6-8,14H2,1H3. The van der Waals surface area contributed by atoms with E-state index in [2.05, 4.69) is 0 Å². The van der Waals surface area contributed by atoms with E-state index in [1.807, 2.05) is 12.1 Å². The molecule has 1 aromatic carbocycles. The van der Waals surface area contributed by atoms with Gasteiger partial charge in [0, 0.05) is 17.7 Å². The molecular formula is C13H17NO2. The van der Waals surface area contributed by atoms with E-state index in [1.54, 1.807) is 7.11 Å². The van der Waals surface area contributed by atoms with E-state index < -0.39 is 0 Å². The molecule has 3 heteroatoms. The van der Waals surface area contributed by atoms with Crippen LogP contribution in [0.4, 0.5) is 5.69 Å². The van der Waals surface area contributed by atoms with Crippen LogP contribution in [0.2, 0.25) is 0 Å². The second-order valence-electron chi connectivity index (χ2n) is 4.83. The number of nitrogen functional groups attached to an aromatic ring is 1. The molecule has 1 spiro atoms. The second kappa shape index (κ2) is 3.30. The number of hydrogen-bond donors (Lipinski definition) is 1. The van der Waals surface area contributed by atoms with Crippen LogP contribution in [0.15, 0.2) is 12.1 Å². The summed E-state index contributed by atoms with van der Waals surface area (Å²) in [4.78, 5) is 0. The zero-order chi connectivity index (χ0) is 11.2. The zero-order valence-corrected chi connectivity index (χ0v) is 9.58. The van der Waals surface area contributed by atoms with Crippen molar-refractivity contribution in [2.45, 2.75) is 37.7 Å². The van der Waals surface area contributed by atoms with Gasteiger partial charge in [-0.2, -0.15) is 0 Å². The Bertz CT molecular complexity index is 422. The summed E-state index contributed by atoms with van der Waals surface area (Å²) in [5, 5.41) is 0. The van der Waals surface area contributed by atoms with Gasteiger partial charge < -0.3 is 15.2 Å². The van der Waals surface area contributed by atoms with E-state index in [1.165, 1.54) is 12.8 Å². The van der Waals surface area contributed by atoms with Gasteiger partial charge >= 0.3 is 0 Å². The number of methoxy groups -OCH3 is 1. The smallest absolute Gasteiger partial charge is 0.167 e. The predicted molar refractivity (Wildman–Crippen MR) is 62.9 cm³/mol. The van der Waals surface area contributed by atoms with E-state index in [0.717, 1.165) is 42.0 Å². The fourth-order valence-corrected chi connectivity index (χ4v) is 2.95. The molecule has 0 radical (unpaired) electrons. The third kappa shape index (κ3) is 1.27. The molecule has 0 aromatic heterocycles. The first-order valence-electron chi connectivity index (χ1n) is 5.88. The lowest BCUT2D eigenvalue weighted by atomic mass is 9.95. The highest BCUT2D eigenvalue weighted by Crippen LogP contribution is 2.50. The SMILES string of the molecule is COc1ccc(N)c2c1OC1(CCCC1)C2. The minimum Gasteiger partial charge on any atom is -0.493 e. The highest BCUT2D eigenvalue weighted by atomic mass is 16.5. The molecule has 0 atom stereocenters. The number of anilines is 1. The van der Waals surface area contributed by atoms with Gasteiger partial charge in [-0.3, -0.25) is 0 Å². The van der Waals surface area contributed by atoms with Crippen molar-refractivity contribution in [3.8, 4) is 11.5 Å². The molecule has 0 unspecified atom stereocenters. The summed E-state index contributed by atoms with van der Waals surface area (Å²) >= 11 is 0. The quantitative estimate of drug-likeness (QED) is 0.738. The van der Waals surface area contributed by atoms with Gasteiger partial charge in [0.25, 0.3) is 0 Å². The van der Waals surface area contributed by atoms with Crippen LogP contribution in [0.25, 0.3) is 0 Å². The van der Waals surface area contributed by atoms with Crippen molar-refractivity contribution in [3.63, 3.8) is 0 Å². The van der Waals surface area contributed by atoms with Gasteiger partial charge in [0.15, 0.2) is 11.5 Å². The number of benzene rings is 1. The molecule has 1 aliphatic heterocycles. The Morgan fingerprint density at radius 3 is 2.75 bits per heavy atom. The number of rotatable bonds is 1. The largest absolute Gasteiger partial charge is 0.493 e. The summed E-state index contributed by atoms with van der Waals surface area (Å²) in [6, 6.07) is 3.80. The van der Waals surface area contributed by atoms with Crippen molar-refractivity contribution in [2.24, 2.45) is 0 Å². The van der Waals surface area contributed by atoms with Gasteiger partial charge in [0.2, 0.25) is 0 Å². The third-order valence-corrected chi connectivity index (χ3v) is 3.81. The Morgan fingerprint density at radius 2 is 2.06 bits per heavy atom. The maximum absolute atomic E-state index is 6.15. The van der Waals surface area contributed by atoms with Gasteiger partial charge in [0.05, 0.1) is 7.11 Å². The van der Waals surface area contributed by atoms with Crippen LogP contribution in [0.3, 0.4) is 0 Å². The van der Waals surface area contributed by atoms with Crippen LogP contribution in [0.5, 0.6) is 11.5 Å². The molecule has 1 saturated carbocycles. The molecule has 3 nitrogen and oxygen atoms in total. The van der Waals surface area contributed by atoms with Crippen LogP contribution < -0.4 is 15.2 Å². The summed E-state index contributed by atoms with van der Waals surface area (Å²) in [5.41, 5.74) is 8.00. The Balaban J connectivity index is 2.04. The van der Waals surface area contributed by atoms with Crippen molar-refractivity contribution < 1.29 is 9.47 Å². The van der Waals surface area contributed by atoms with Crippen LogP contribution in [0, 0.1) is 0 Å². The van der Waals surface area contributed by atoms with E-state index in [-0.39, 0.29) is 5.60 Å². The monoisotopic (exact) mass is 219 g/mol. The molecule has 1 fully saturated rings. The molecule has 2 aliphatic rings. The molecule has 0 bridgehead atoms. The van der Waals surface area contributed by atoms with Gasteiger partial charge in [0.1, 0.15) is 5.60 Å². The Kier molecular flexibility index (Phi) is 2.03. The van der Waals surface area contributed by atoms with Crippen LogP contribution in [-0.4, -0.2) is 12.7 Å². The average Bonchev–Trinajstić information content (AvgIpc) is 2.88. The van der Waals surface area contributed by atoms with Crippen molar-refractivity contribution in [3.05, 3.63) is 17.7 Å². The Hall–Kier alpha value is -1.38. The fraction of sp³-hybridized carbons (Fsp3) is 0.538. The molecular weight excluding hydrogens is 202 g/mol. The molecule has 1 aromatic rings. The molecule has 0 amide bonds. The summed E-state index contributed by atoms with van der Waals surface area (Å²) in [7, 11) is 1.68. The van der Waals surface area contributed by atoms with Crippen LogP contribution in [0.1, 0.15) is 31.2 Å². The minimum absolute atomic E-state index is 0.0189. The summed E-state index contributed by atoms with van der Waals surface area (Å²) in [6.07, 6.45) is 5.76. The van der Waals surface area contributed by atoms with E-state index in [4.69, 9.17) is 15.2 Å². The Labute approximate surface area is 95.5 Å². The number of hydrogen-bond acceptors (Lipinski definition) is 3. The lowest BCUT2D eigenvalue weighted by Crippen LogP contribution is -2.30.